The summed E-state index contributed by atoms with van der Waals surface area (Å²) in [7, 11) is 0. The third kappa shape index (κ3) is 2.95. The summed E-state index contributed by atoms with van der Waals surface area (Å²) < 4.78 is 1.05. The summed E-state index contributed by atoms with van der Waals surface area (Å²) in [5.74, 6) is 0.734. The summed E-state index contributed by atoms with van der Waals surface area (Å²) in [4.78, 5) is 0. The van der Waals surface area contributed by atoms with Gasteiger partial charge in [-0.3, -0.25) is 0 Å². The molecule has 0 spiro atoms. The fraction of sp³-hybridized carbons (Fsp3) is 0.600. The molecule has 18 heavy (non-hydrogen) atoms. The fourth-order valence-corrected chi connectivity index (χ4v) is 3.05. The molecule has 2 rings (SSSR count). The van der Waals surface area contributed by atoms with Gasteiger partial charge in [0.05, 0.1) is 0 Å². The van der Waals surface area contributed by atoms with E-state index in [4.69, 9.17) is 0 Å². The van der Waals surface area contributed by atoms with Crippen LogP contribution in [0.5, 0.6) is 0 Å². The lowest BCUT2D eigenvalue weighted by atomic mass is 9.79. The zero-order valence-electron chi connectivity index (χ0n) is 11.1. The van der Waals surface area contributed by atoms with Gasteiger partial charge in [-0.1, -0.05) is 41.4 Å². The Morgan fingerprint density at radius 1 is 1.39 bits per heavy atom. The molecular formula is C15H22BrNO. The van der Waals surface area contributed by atoms with Gasteiger partial charge in [-0.25, -0.2) is 0 Å². The maximum absolute atomic E-state index is 10.8. The molecule has 1 aromatic rings. The number of hydrogen-bond donors (Lipinski definition) is 2. The van der Waals surface area contributed by atoms with Gasteiger partial charge < -0.3 is 10.4 Å². The third-order valence-corrected chi connectivity index (χ3v) is 4.73. The number of aliphatic hydroxyl groups is 1. The summed E-state index contributed by atoms with van der Waals surface area (Å²) in [6.45, 7) is 5.17. The second-order valence-corrected chi connectivity index (χ2v) is 6.38. The van der Waals surface area contributed by atoms with Crippen molar-refractivity contribution in [2.45, 2.75) is 44.8 Å². The number of nitrogens with one attached hydrogen (secondary N) is 1. The minimum atomic E-state index is -0.797. The van der Waals surface area contributed by atoms with Gasteiger partial charge in [0.15, 0.2) is 0 Å². The predicted octanol–water partition coefficient (Wildman–Crippen LogP) is 3.43. The van der Waals surface area contributed by atoms with Crippen LogP contribution in [0.1, 0.15) is 38.7 Å². The summed E-state index contributed by atoms with van der Waals surface area (Å²) in [6, 6.07) is 8.13. The second-order valence-electron chi connectivity index (χ2n) is 5.46. The van der Waals surface area contributed by atoms with Crippen molar-refractivity contribution in [3.05, 3.63) is 34.3 Å². The molecule has 0 saturated carbocycles. The van der Waals surface area contributed by atoms with Gasteiger partial charge in [0.1, 0.15) is 5.60 Å². The van der Waals surface area contributed by atoms with E-state index in [2.05, 4.69) is 28.2 Å². The van der Waals surface area contributed by atoms with E-state index >= 15 is 0 Å². The van der Waals surface area contributed by atoms with Gasteiger partial charge >= 0.3 is 0 Å². The number of rotatable bonds is 3. The molecule has 0 amide bonds. The highest BCUT2D eigenvalue weighted by Crippen LogP contribution is 2.32. The highest BCUT2D eigenvalue weighted by molar-refractivity contribution is 9.10. The molecule has 100 valence electrons. The molecule has 3 unspecified atom stereocenters. The normalized spacial score (nSPS) is 27.8. The average Bonchev–Trinajstić information content (AvgIpc) is 2.39. The molecule has 1 saturated heterocycles. The molecule has 2 nitrogen and oxygen atoms in total. The van der Waals surface area contributed by atoms with E-state index in [0.29, 0.717) is 0 Å². The molecule has 0 aliphatic carbocycles. The quantitative estimate of drug-likeness (QED) is 0.896. The first kappa shape index (κ1) is 14.0. The van der Waals surface area contributed by atoms with Gasteiger partial charge in [0, 0.05) is 10.5 Å². The van der Waals surface area contributed by atoms with Crippen molar-refractivity contribution >= 4 is 15.9 Å². The minimum absolute atomic E-state index is 0.150. The van der Waals surface area contributed by atoms with E-state index in [-0.39, 0.29) is 6.04 Å². The van der Waals surface area contributed by atoms with E-state index in [0.717, 1.165) is 28.9 Å². The van der Waals surface area contributed by atoms with Crippen LogP contribution >= 0.6 is 15.9 Å². The van der Waals surface area contributed by atoms with Crippen molar-refractivity contribution < 1.29 is 5.11 Å². The lowest BCUT2D eigenvalue weighted by Crippen LogP contribution is -2.51. The van der Waals surface area contributed by atoms with Gasteiger partial charge in [-0.15, -0.1) is 0 Å². The van der Waals surface area contributed by atoms with Crippen LogP contribution in [-0.4, -0.2) is 17.7 Å². The van der Waals surface area contributed by atoms with Crippen LogP contribution in [0, 0.1) is 5.92 Å². The number of halogens is 1. The average molecular weight is 312 g/mol. The maximum Gasteiger partial charge on any atom is 0.102 e. The van der Waals surface area contributed by atoms with Gasteiger partial charge in [-0.05, 0) is 49.9 Å². The van der Waals surface area contributed by atoms with Crippen LogP contribution in [0.25, 0.3) is 0 Å². The Kier molecular flexibility index (Phi) is 4.46. The maximum atomic E-state index is 10.8. The van der Waals surface area contributed by atoms with E-state index in [1.807, 2.05) is 31.2 Å². The topological polar surface area (TPSA) is 32.3 Å². The molecular weight excluding hydrogens is 290 g/mol. The third-order valence-electron chi connectivity index (χ3n) is 4.20. The van der Waals surface area contributed by atoms with Crippen molar-refractivity contribution in [1.29, 1.82) is 0 Å². The monoisotopic (exact) mass is 311 g/mol. The lowest BCUT2D eigenvalue weighted by molar-refractivity contribution is -0.00310. The number of hydrogen-bond acceptors (Lipinski definition) is 2. The van der Waals surface area contributed by atoms with Crippen molar-refractivity contribution in [3.8, 4) is 0 Å². The molecule has 2 N–H and O–H groups in total. The van der Waals surface area contributed by atoms with Crippen LogP contribution in [0.3, 0.4) is 0 Å². The Labute approximate surface area is 118 Å². The zero-order chi connectivity index (χ0) is 13.2. The Hall–Kier alpha value is -0.380. The van der Waals surface area contributed by atoms with Crippen LogP contribution in [0.4, 0.5) is 0 Å². The molecule has 1 aliphatic heterocycles. The first-order valence-electron chi connectivity index (χ1n) is 6.75. The van der Waals surface area contributed by atoms with Gasteiger partial charge in [0.25, 0.3) is 0 Å². The first-order valence-corrected chi connectivity index (χ1v) is 7.55. The Morgan fingerprint density at radius 3 is 2.67 bits per heavy atom. The predicted molar refractivity (Wildman–Crippen MR) is 78.5 cm³/mol. The smallest absolute Gasteiger partial charge is 0.102 e. The Bertz CT molecular complexity index is 388. The van der Waals surface area contributed by atoms with E-state index in [1.54, 1.807) is 0 Å². The van der Waals surface area contributed by atoms with Crippen molar-refractivity contribution in [2.75, 3.05) is 6.54 Å². The standard InChI is InChI=1S/C15H22BrNO/c1-3-11-8-9-17-14(10-11)15(2,18)12-4-6-13(16)7-5-12/h4-7,11,14,17-18H,3,8-10H2,1-2H3. The lowest BCUT2D eigenvalue weighted by Gasteiger charge is -2.39. The number of benzene rings is 1. The van der Waals surface area contributed by atoms with E-state index < -0.39 is 5.60 Å². The summed E-state index contributed by atoms with van der Waals surface area (Å²) in [6.07, 6.45) is 3.48. The highest BCUT2D eigenvalue weighted by atomic mass is 79.9. The molecule has 1 aliphatic rings. The Balaban J connectivity index is 2.16. The summed E-state index contributed by atoms with van der Waals surface area (Å²) >= 11 is 3.43. The van der Waals surface area contributed by atoms with Gasteiger partial charge in [0.2, 0.25) is 0 Å². The molecule has 3 heteroatoms. The molecule has 0 aromatic heterocycles. The van der Waals surface area contributed by atoms with Crippen molar-refractivity contribution in [2.24, 2.45) is 5.92 Å². The highest BCUT2D eigenvalue weighted by Gasteiger charge is 2.36. The van der Waals surface area contributed by atoms with Gasteiger partial charge in [-0.2, -0.15) is 0 Å². The summed E-state index contributed by atoms with van der Waals surface area (Å²) in [5.41, 5.74) is 0.189. The van der Waals surface area contributed by atoms with E-state index in [9.17, 15) is 5.11 Å². The molecule has 0 radical (unpaired) electrons. The molecule has 3 atom stereocenters. The van der Waals surface area contributed by atoms with Crippen molar-refractivity contribution in [1.82, 2.24) is 5.32 Å². The Morgan fingerprint density at radius 2 is 2.06 bits per heavy atom. The SMILES string of the molecule is CCC1CCNC(C(C)(O)c2ccc(Br)cc2)C1. The van der Waals surface area contributed by atoms with Crippen LogP contribution < -0.4 is 5.32 Å². The summed E-state index contributed by atoms with van der Waals surface area (Å²) in [5, 5.41) is 14.3. The molecule has 1 heterocycles. The van der Waals surface area contributed by atoms with Crippen LogP contribution in [0.15, 0.2) is 28.7 Å². The number of piperidine rings is 1. The van der Waals surface area contributed by atoms with Crippen molar-refractivity contribution in [3.63, 3.8) is 0 Å². The largest absolute Gasteiger partial charge is 0.384 e. The molecule has 0 bridgehead atoms. The van der Waals surface area contributed by atoms with Crippen LogP contribution in [-0.2, 0) is 5.60 Å². The fourth-order valence-electron chi connectivity index (χ4n) is 2.78. The minimum Gasteiger partial charge on any atom is -0.384 e. The molecule has 1 fully saturated rings. The van der Waals surface area contributed by atoms with Crippen LogP contribution in [0.2, 0.25) is 0 Å². The zero-order valence-corrected chi connectivity index (χ0v) is 12.7. The molecule has 1 aromatic carbocycles. The van der Waals surface area contributed by atoms with E-state index in [1.165, 1.54) is 12.8 Å². The second kappa shape index (κ2) is 5.72. The first-order chi connectivity index (χ1) is 8.54.